The normalized spacial score (nSPS) is 19.8. The Morgan fingerprint density at radius 3 is 2.48 bits per heavy atom. The van der Waals surface area contributed by atoms with Gasteiger partial charge in [0.05, 0.1) is 12.7 Å². The molecule has 0 spiro atoms. The molecule has 2 unspecified atom stereocenters. The van der Waals surface area contributed by atoms with Crippen LogP contribution in [0.25, 0.3) is 0 Å². The lowest BCUT2D eigenvalue weighted by Crippen LogP contribution is -2.30. The first kappa shape index (κ1) is 15.0. The molecule has 2 atom stereocenters. The number of phenolic OH excluding ortho intramolecular Hbond substituents is 3. The Balaban J connectivity index is 2.09. The predicted octanol–water partition coefficient (Wildman–Crippen LogP) is 1.55. The standard InChI is InChI=1S/C16H14O7/c1-22-11-5-8(17)6-12-13(11)14(20)15(21)16(23-12)7-2-3-9(18)10(19)4-7/h2-6,14,16-20H,1H3. The van der Waals surface area contributed by atoms with E-state index >= 15 is 0 Å². The summed E-state index contributed by atoms with van der Waals surface area (Å²) in [4.78, 5) is 12.4. The number of fused-ring (bicyclic) bond motifs is 1. The minimum Gasteiger partial charge on any atom is -0.508 e. The molecule has 0 saturated carbocycles. The largest absolute Gasteiger partial charge is 0.508 e. The van der Waals surface area contributed by atoms with Gasteiger partial charge in [-0.1, -0.05) is 6.07 Å². The molecule has 0 bridgehead atoms. The molecule has 2 aromatic rings. The lowest BCUT2D eigenvalue weighted by molar-refractivity contribution is -0.137. The molecule has 0 amide bonds. The first-order valence-corrected chi connectivity index (χ1v) is 6.73. The summed E-state index contributed by atoms with van der Waals surface area (Å²) >= 11 is 0. The number of carbonyl (C=O) groups excluding carboxylic acids is 1. The molecular formula is C16H14O7. The third-order valence-electron chi connectivity index (χ3n) is 3.66. The molecule has 0 aromatic heterocycles. The molecule has 0 radical (unpaired) electrons. The van der Waals surface area contributed by atoms with Gasteiger partial charge in [-0.25, -0.2) is 0 Å². The molecule has 7 heteroatoms. The summed E-state index contributed by atoms with van der Waals surface area (Å²) in [5.74, 6) is -1.30. The van der Waals surface area contributed by atoms with E-state index in [9.17, 15) is 25.2 Å². The van der Waals surface area contributed by atoms with Gasteiger partial charge in [0.25, 0.3) is 0 Å². The highest BCUT2D eigenvalue weighted by Gasteiger charge is 2.39. The summed E-state index contributed by atoms with van der Waals surface area (Å²) in [5.41, 5.74) is 0.395. The van der Waals surface area contributed by atoms with Gasteiger partial charge in [0.2, 0.25) is 5.78 Å². The minimum absolute atomic E-state index is 0.103. The van der Waals surface area contributed by atoms with Crippen LogP contribution in [0.2, 0.25) is 0 Å². The maximum atomic E-state index is 12.4. The van der Waals surface area contributed by atoms with Crippen molar-refractivity contribution in [3.05, 3.63) is 41.5 Å². The minimum atomic E-state index is -1.50. The lowest BCUT2D eigenvalue weighted by atomic mass is 9.92. The number of aromatic hydroxyl groups is 3. The van der Waals surface area contributed by atoms with E-state index in [4.69, 9.17) is 9.47 Å². The number of methoxy groups -OCH3 is 1. The van der Waals surface area contributed by atoms with Crippen LogP contribution < -0.4 is 9.47 Å². The van der Waals surface area contributed by atoms with Crippen molar-refractivity contribution in [3.63, 3.8) is 0 Å². The topological polar surface area (TPSA) is 116 Å². The highest BCUT2D eigenvalue weighted by Crippen LogP contribution is 2.45. The van der Waals surface area contributed by atoms with Crippen molar-refractivity contribution in [2.45, 2.75) is 12.2 Å². The second kappa shape index (κ2) is 5.36. The Kier molecular flexibility index (Phi) is 3.49. The fourth-order valence-corrected chi connectivity index (χ4v) is 2.53. The summed E-state index contributed by atoms with van der Waals surface area (Å²) in [7, 11) is 1.34. The van der Waals surface area contributed by atoms with E-state index in [1.807, 2.05) is 0 Å². The van der Waals surface area contributed by atoms with Gasteiger partial charge in [-0.05, 0) is 12.1 Å². The van der Waals surface area contributed by atoms with Crippen molar-refractivity contribution in [2.75, 3.05) is 7.11 Å². The van der Waals surface area contributed by atoms with Gasteiger partial charge in [-0.3, -0.25) is 4.79 Å². The zero-order valence-corrected chi connectivity index (χ0v) is 12.1. The number of benzene rings is 2. The second-order valence-electron chi connectivity index (χ2n) is 5.11. The molecule has 0 fully saturated rings. The first-order chi connectivity index (χ1) is 10.9. The van der Waals surface area contributed by atoms with Crippen molar-refractivity contribution in [1.29, 1.82) is 0 Å². The summed E-state index contributed by atoms with van der Waals surface area (Å²) < 4.78 is 10.6. The zero-order chi connectivity index (χ0) is 16.7. The predicted molar refractivity (Wildman–Crippen MR) is 77.8 cm³/mol. The van der Waals surface area contributed by atoms with Crippen molar-refractivity contribution < 1.29 is 34.7 Å². The molecular weight excluding hydrogens is 304 g/mol. The second-order valence-corrected chi connectivity index (χ2v) is 5.11. The Morgan fingerprint density at radius 1 is 1.09 bits per heavy atom. The van der Waals surface area contributed by atoms with Crippen LogP contribution in [0, 0.1) is 0 Å². The van der Waals surface area contributed by atoms with Crippen LogP contribution in [0.4, 0.5) is 0 Å². The van der Waals surface area contributed by atoms with E-state index in [1.54, 1.807) is 0 Å². The van der Waals surface area contributed by atoms with Crippen molar-refractivity contribution in [1.82, 2.24) is 0 Å². The number of hydrogen-bond acceptors (Lipinski definition) is 7. The van der Waals surface area contributed by atoms with E-state index in [1.165, 1.54) is 37.4 Å². The number of ketones is 1. The summed E-state index contributed by atoms with van der Waals surface area (Å²) in [6, 6.07) is 6.32. The quantitative estimate of drug-likeness (QED) is 0.621. The number of rotatable bonds is 2. The Morgan fingerprint density at radius 2 is 1.83 bits per heavy atom. The van der Waals surface area contributed by atoms with E-state index < -0.39 is 23.7 Å². The van der Waals surface area contributed by atoms with Gasteiger partial charge in [-0.2, -0.15) is 0 Å². The van der Waals surface area contributed by atoms with Crippen molar-refractivity contribution >= 4 is 5.78 Å². The molecule has 4 N–H and O–H groups in total. The molecule has 1 aliphatic heterocycles. The first-order valence-electron chi connectivity index (χ1n) is 6.73. The molecule has 1 aliphatic rings. The number of Topliss-reactive ketones (excluding diaryl/α,β-unsaturated/α-hetero) is 1. The van der Waals surface area contributed by atoms with Crippen LogP contribution in [0.5, 0.6) is 28.7 Å². The number of aliphatic hydroxyl groups excluding tert-OH is 1. The third kappa shape index (κ3) is 2.40. The smallest absolute Gasteiger partial charge is 0.211 e. The Hall–Kier alpha value is -2.93. The average Bonchev–Trinajstić information content (AvgIpc) is 2.52. The maximum absolute atomic E-state index is 12.4. The molecule has 0 saturated heterocycles. The van der Waals surface area contributed by atoms with Gasteiger partial charge < -0.3 is 29.9 Å². The highest BCUT2D eigenvalue weighted by atomic mass is 16.5. The molecule has 1 heterocycles. The summed E-state index contributed by atoms with van der Waals surface area (Å²) in [6.45, 7) is 0. The fraction of sp³-hybridized carbons (Fsp3) is 0.188. The average molecular weight is 318 g/mol. The van der Waals surface area contributed by atoms with Crippen LogP contribution in [-0.2, 0) is 4.79 Å². The van der Waals surface area contributed by atoms with Crippen LogP contribution in [0.1, 0.15) is 23.3 Å². The van der Waals surface area contributed by atoms with E-state index in [2.05, 4.69) is 0 Å². The lowest BCUT2D eigenvalue weighted by Gasteiger charge is -2.29. The molecule has 23 heavy (non-hydrogen) atoms. The monoisotopic (exact) mass is 318 g/mol. The number of hydrogen-bond donors (Lipinski definition) is 4. The van der Waals surface area contributed by atoms with E-state index in [-0.39, 0.29) is 34.1 Å². The molecule has 120 valence electrons. The fourth-order valence-electron chi connectivity index (χ4n) is 2.53. The van der Waals surface area contributed by atoms with E-state index in [0.717, 1.165) is 0 Å². The molecule has 0 aliphatic carbocycles. The Labute approximate surface area is 131 Å². The summed E-state index contributed by atoms with van der Waals surface area (Å²) in [5, 5.41) is 38.9. The number of aliphatic hydroxyl groups is 1. The van der Waals surface area contributed by atoms with Crippen LogP contribution in [0.15, 0.2) is 30.3 Å². The number of ether oxygens (including phenoxy) is 2. The Bertz CT molecular complexity index is 784. The highest BCUT2D eigenvalue weighted by molar-refractivity contribution is 5.92. The molecule has 2 aromatic carbocycles. The third-order valence-corrected chi connectivity index (χ3v) is 3.66. The molecule has 3 rings (SSSR count). The van der Waals surface area contributed by atoms with Gasteiger partial charge in [0, 0.05) is 17.7 Å². The number of phenols is 3. The van der Waals surface area contributed by atoms with Gasteiger partial charge in [0.1, 0.15) is 23.4 Å². The zero-order valence-electron chi connectivity index (χ0n) is 12.1. The van der Waals surface area contributed by atoms with Crippen LogP contribution in [-0.4, -0.2) is 33.3 Å². The van der Waals surface area contributed by atoms with Gasteiger partial charge in [0.15, 0.2) is 17.6 Å². The van der Waals surface area contributed by atoms with Crippen LogP contribution in [0.3, 0.4) is 0 Å². The SMILES string of the molecule is COc1cc(O)cc2c1C(O)C(=O)C(c1ccc(O)c(O)c1)O2. The number of carbonyl (C=O) groups is 1. The van der Waals surface area contributed by atoms with Gasteiger partial charge >= 0.3 is 0 Å². The van der Waals surface area contributed by atoms with E-state index in [0.29, 0.717) is 0 Å². The summed E-state index contributed by atoms with van der Waals surface area (Å²) in [6.07, 6.45) is -2.69. The van der Waals surface area contributed by atoms with Crippen LogP contribution >= 0.6 is 0 Å². The van der Waals surface area contributed by atoms with Crippen molar-refractivity contribution in [2.24, 2.45) is 0 Å². The molecule has 7 nitrogen and oxygen atoms in total. The van der Waals surface area contributed by atoms with Gasteiger partial charge in [-0.15, -0.1) is 0 Å². The maximum Gasteiger partial charge on any atom is 0.211 e. The van der Waals surface area contributed by atoms with Crippen molar-refractivity contribution in [3.8, 4) is 28.7 Å².